The summed E-state index contributed by atoms with van der Waals surface area (Å²) in [7, 11) is 1.99. The molecular formula is C21H29F2N3O3. The Bertz CT molecular complexity index is 817. The van der Waals surface area contributed by atoms with Gasteiger partial charge in [-0.15, -0.1) is 10.2 Å². The highest BCUT2D eigenvalue weighted by Gasteiger charge is 2.33. The summed E-state index contributed by atoms with van der Waals surface area (Å²) in [5, 5.41) is 7.62. The Morgan fingerprint density at radius 1 is 1.28 bits per heavy atom. The number of hydrogen-bond acceptors (Lipinski definition) is 5. The Morgan fingerprint density at radius 2 is 1.93 bits per heavy atom. The highest BCUT2D eigenvalue weighted by molar-refractivity contribution is 5.79. The van der Waals surface area contributed by atoms with Crippen LogP contribution in [0.4, 0.5) is 8.78 Å². The predicted octanol–water partition coefficient (Wildman–Crippen LogP) is 4.43. The molecule has 1 saturated carbocycles. The van der Waals surface area contributed by atoms with Crippen LogP contribution in [0.5, 0.6) is 5.75 Å². The number of aryl methyl sites for hydroxylation is 1. The molecule has 6 nitrogen and oxygen atoms in total. The Balaban J connectivity index is 0.000000367. The SMILES string of the molecule is CC1(C)CC1.CF.COc1ccc(C2CC(=O)N(Cc3nnc(C)o3)C2)c(F)c1. The molecular weight excluding hydrogens is 380 g/mol. The third-order valence-corrected chi connectivity index (χ3v) is 5.01. The number of aromatic nitrogens is 2. The van der Waals surface area contributed by atoms with Crippen LogP contribution >= 0.6 is 0 Å². The smallest absolute Gasteiger partial charge is 0.235 e. The standard InChI is InChI=1S/C15H16FN3O3.C5H10.CH3F/c1-9-17-18-14(22-9)8-19-7-10(5-15(19)20)12-4-3-11(21-2)6-13(12)16;1-5(2)3-4-5;1-2/h3-4,6,10H,5,7-8H2,1-2H3;3-4H2,1-2H3;1H3. The first-order valence-corrected chi connectivity index (χ1v) is 9.55. The first-order chi connectivity index (χ1) is 13.8. The highest BCUT2D eigenvalue weighted by atomic mass is 19.1. The lowest BCUT2D eigenvalue weighted by Gasteiger charge is -2.15. The zero-order chi connectivity index (χ0) is 21.6. The van der Waals surface area contributed by atoms with Crippen LogP contribution in [0, 0.1) is 18.2 Å². The van der Waals surface area contributed by atoms with Gasteiger partial charge in [0.15, 0.2) is 0 Å². The van der Waals surface area contributed by atoms with Gasteiger partial charge in [-0.25, -0.2) is 4.39 Å². The van der Waals surface area contributed by atoms with Gasteiger partial charge in [0.2, 0.25) is 17.7 Å². The minimum Gasteiger partial charge on any atom is -0.497 e. The molecule has 2 fully saturated rings. The van der Waals surface area contributed by atoms with E-state index in [-0.39, 0.29) is 30.6 Å². The molecule has 8 heteroatoms. The van der Waals surface area contributed by atoms with Crippen molar-refractivity contribution in [3.05, 3.63) is 41.4 Å². The van der Waals surface area contributed by atoms with Gasteiger partial charge in [0.05, 0.1) is 20.8 Å². The summed E-state index contributed by atoms with van der Waals surface area (Å²) in [6.45, 7) is 6.98. The van der Waals surface area contributed by atoms with Crippen LogP contribution in [0.15, 0.2) is 22.6 Å². The molecule has 0 bridgehead atoms. The van der Waals surface area contributed by atoms with Crippen LogP contribution in [0.2, 0.25) is 0 Å². The maximum absolute atomic E-state index is 14.1. The Labute approximate surface area is 170 Å². The van der Waals surface area contributed by atoms with E-state index < -0.39 is 0 Å². The summed E-state index contributed by atoms with van der Waals surface area (Å²) in [5.41, 5.74) is 1.28. The zero-order valence-electron chi connectivity index (χ0n) is 17.7. The molecule has 1 unspecified atom stereocenters. The molecule has 0 N–H and O–H groups in total. The normalized spacial score (nSPS) is 19.1. The number of amides is 1. The molecule has 1 aromatic heterocycles. The van der Waals surface area contributed by atoms with E-state index in [0.29, 0.717) is 36.8 Å². The summed E-state index contributed by atoms with van der Waals surface area (Å²) in [5.74, 6) is 0.732. The number of hydrogen-bond donors (Lipinski definition) is 0. The molecule has 1 saturated heterocycles. The summed E-state index contributed by atoms with van der Waals surface area (Å²) in [6, 6.07) is 4.71. The quantitative estimate of drug-likeness (QED) is 0.747. The Kier molecular flexibility index (Phi) is 7.70. The van der Waals surface area contributed by atoms with Gasteiger partial charge < -0.3 is 14.1 Å². The van der Waals surface area contributed by atoms with E-state index in [9.17, 15) is 13.6 Å². The summed E-state index contributed by atoms with van der Waals surface area (Å²) >= 11 is 0. The lowest BCUT2D eigenvalue weighted by molar-refractivity contribution is -0.128. The molecule has 1 aliphatic carbocycles. The fourth-order valence-corrected chi connectivity index (χ4v) is 2.91. The van der Waals surface area contributed by atoms with Crippen molar-refractivity contribution in [3.63, 3.8) is 0 Å². The number of ether oxygens (including phenoxy) is 1. The molecule has 2 heterocycles. The van der Waals surface area contributed by atoms with Crippen LogP contribution in [-0.4, -0.2) is 41.8 Å². The van der Waals surface area contributed by atoms with Gasteiger partial charge in [-0.05, 0) is 29.9 Å². The highest BCUT2D eigenvalue weighted by Crippen LogP contribution is 2.43. The van der Waals surface area contributed by atoms with Crippen LogP contribution in [0.3, 0.4) is 0 Å². The van der Waals surface area contributed by atoms with E-state index >= 15 is 0 Å². The topological polar surface area (TPSA) is 68.5 Å². The minimum absolute atomic E-state index is 0.0453. The molecule has 1 atom stereocenters. The molecule has 2 aliphatic rings. The van der Waals surface area contributed by atoms with Gasteiger partial charge in [-0.3, -0.25) is 9.18 Å². The number of alkyl halides is 1. The van der Waals surface area contributed by atoms with Gasteiger partial charge in [-0.1, -0.05) is 19.9 Å². The maximum atomic E-state index is 14.1. The van der Waals surface area contributed by atoms with Crippen molar-refractivity contribution in [1.29, 1.82) is 0 Å². The van der Waals surface area contributed by atoms with Gasteiger partial charge in [0.1, 0.15) is 11.6 Å². The molecule has 1 aliphatic heterocycles. The van der Waals surface area contributed by atoms with Gasteiger partial charge in [0, 0.05) is 31.9 Å². The number of carbonyl (C=O) groups excluding carboxylic acids is 1. The summed E-state index contributed by atoms with van der Waals surface area (Å²) in [6.07, 6.45) is 3.18. The van der Waals surface area contributed by atoms with E-state index in [4.69, 9.17) is 9.15 Å². The number of methoxy groups -OCH3 is 1. The third-order valence-electron chi connectivity index (χ3n) is 5.01. The number of rotatable bonds is 4. The van der Waals surface area contributed by atoms with E-state index in [1.807, 2.05) is 0 Å². The van der Waals surface area contributed by atoms with E-state index in [1.54, 1.807) is 24.0 Å². The Hall–Kier alpha value is -2.51. The molecule has 2 aromatic rings. The molecule has 1 amide bonds. The molecule has 4 rings (SSSR count). The van der Waals surface area contributed by atoms with Gasteiger partial charge >= 0.3 is 0 Å². The Morgan fingerprint density at radius 3 is 2.41 bits per heavy atom. The molecule has 29 heavy (non-hydrogen) atoms. The van der Waals surface area contributed by atoms with E-state index in [1.165, 1.54) is 26.0 Å². The molecule has 1 aromatic carbocycles. The summed E-state index contributed by atoms with van der Waals surface area (Å²) < 4.78 is 33.9. The second-order valence-corrected chi connectivity index (χ2v) is 7.94. The number of benzene rings is 1. The van der Waals surface area contributed by atoms with Gasteiger partial charge in [0.25, 0.3) is 0 Å². The van der Waals surface area contributed by atoms with E-state index in [0.717, 1.165) is 5.41 Å². The molecule has 0 radical (unpaired) electrons. The van der Waals surface area contributed by atoms with E-state index in [2.05, 4.69) is 24.0 Å². The third kappa shape index (κ3) is 6.51. The van der Waals surface area contributed by atoms with Crippen molar-refractivity contribution in [2.45, 2.75) is 52.5 Å². The molecule has 0 spiro atoms. The average Bonchev–Trinajstić information content (AvgIpc) is 3.06. The van der Waals surface area contributed by atoms with Crippen molar-refractivity contribution in [1.82, 2.24) is 15.1 Å². The second kappa shape index (κ2) is 9.80. The van der Waals surface area contributed by atoms with Crippen LogP contribution < -0.4 is 4.74 Å². The van der Waals surface area contributed by atoms with Crippen LogP contribution in [0.1, 0.15) is 56.4 Å². The zero-order valence-corrected chi connectivity index (χ0v) is 17.7. The van der Waals surface area contributed by atoms with Crippen molar-refractivity contribution in [3.8, 4) is 5.75 Å². The fourth-order valence-electron chi connectivity index (χ4n) is 2.91. The number of likely N-dealkylation sites (tertiary alicyclic amines) is 1. The monoisotopic (exact) mass is 409 g/mol. The predicted molar refractivity (Wildman–Crippen MR) is 105 cm³/mol. The average molecular weight is 409 g/mol. The number of nitrogens with zero attached hydrogens (tertiary/aromatic N) is 3. The first kappa shape index (κ1) is 22.8. The summed E-state index contributed by atoms with van der Waals surface area (Å²) in [4.78, 5) is 13.7. The lowest BCUT2D eigenvalue weighted by atomic mass is 9.97. The number of halogens is 2. The lowest BCUT2D eigenvalue weighted by Crippen LogP contribution is -2.24. The fraction of sp³-hybridized carbons (Fsp3) is 0.571. The van der Waals surface area contributed by atoms with Crippen LogP contribution in [-0.2, 0) is 11.3 Å². The van der Waals surface area contributed by atoms with Crippen molar-refractivity contribution in [2.24, 2.45) is 5.41 Å². The first-order valence-electron chi connectivity index (χ1n) is 9.55. The van der Waals surface area contributed by atoms with Crippen molar-refractivity contribution in [2.75, 3.05) is 20.8 Å². The second-order valence-electron chi connectivity index (χ2n) is 7.94. The largest absolute Gasteiger partial charge is 0.497 e. The van der Waals surface area contributed by atoms with Crippen molar-refractivity contribution >= 4 is 5.91 Å². The maximum Gasteiger partial charge on any atom is 0.235 e. The van der Waals surface area contributed by atoms with Crippen LogP contribution in [0.25, 0.3) is 0 Å². The van der Waals surface area contributed by atoms with Crippen molar-refractivity contribution < 1.29 is 22.7 Å². The van der Waals surface area contributed by atoms with Gasteiger partial charge in [-0.2, -0.15) is 0 Å². The molecule has 160 valence electrons. The minimum atomic E-state index is -0.354. The number of carbonyl (C=O) groups is 1.